The molecule has 4 rings (SSSR count). The highest BCUT2D eigenvalue weighted by Gasteiger charge is 2.56. The lowest BCUT2D eigenvalue weighted by molar-refractivity contribution is -0.199. The summed E-state index contributed by atoms with van der Waals surface area (Å²) in [6.07, 6.45) is 1.51. The fourth-order valence-electron chi connectivity index (χ4n) is 3.57. The van der Waals surface area contributed by atoms with Gasteiger partial charge in [-0.25, -0.2) is 9.97 Å². The van der Waals surface area contributed by atoms with Gasteiger partial charge in [-0.3, -0.25) is 9.36 Å². The fraction of sp³-hybridized carbons (Fsp3) is 0.737. The van der Waals surface area contributed by atoms with Crippen LogP contribution < -0.4 is 5.56 Å². The highest BCUT2D eigenvalue weighted by Crippen LogP contribution is 2.44. The van der Waals surface area contributed by atoms with Gasteiger partial charge in [0.25, 0.3) is 5.56 Å². The highest BCUT2D eigenvalue weighted by atomic mass is 28.4. The average molecular weight is 423 g/mol. The van der Waals surface area contributed by atoms with E-state index >= 15 is 0 Å². The molecule has 2 saturated heterocycles. The van der Waals surface area contributed by atoms with E-state index in [-0.39, 0.29) is 34.4 Å². The number of aromatic amines is 1. The van der Waals surface area contributed by atoms with E-state index in [1.54, 1.807) is 10.9 Å². The smallest absolute Gasteiger partial charge is 0.278 e. The number of nitrogens with zero attached hydrogens (tertiary/aromatic N) is 3. The third-order valence-corrected chi connectivity index (χ3v) is 10.7. The minimum Gasteiger partial charge on any atom is -0.414 e. The van der Waals surface area contributed by atoms with Gasteiger partial charge in [-0.2, -0.15) is 0 Å². The van der Waals surface area contributed by atoms with Crippen LogP contribution in [0.1, 0.15) is 40.8 Å². The first kappa shape index (κ1) is 20.7. The van der Waals surface area contributed by atoms with Gasteiger partial charge in [-0.1, -0.05) is 20.8 Å². The molecule has 0 amide bonds. The molecule has 0 unspecified atom stereocenters. The van der Waals surface area contributed by atoms with Gasteiger partial charge in [-0.15, -0.1) is 0 Å². The maximum absolute atomic E-state index is 12.0. The Hall–Kier alpha value is -1.59. The number of aromatic nitrogens is 4. The van der Waals surface area contributed by atoms with Crippen molar-refractivity contribution in [2.75, 3.05) is 6.61 Å². The summed E-state index contributed by atoms with van der Waals surface area (Å²) in [5, 5.41) is 0.0994. The van der Waals surface area contributed by atoms with Crippen LogP contribution >= 0.6 is 0 Å². The molecule has 0 saturated carbocycles. The quantitative estimate of drug-likeness (QED) is 0.756. The molecule has 29 heavy (non-hydrogen) atoms. The maximum Gasteiger partial charge on any atom is 0.278 e. The van der Waals surface area contributed by atoms with Crippen molar-refractivity contribution in [3.8, 4) is 0 Å². The van der Waals surface area contributed by atoms with Crippen molar-refractivity contribution < 1.29 is 18.6 Å². The second-order valence-electron chi connectivity index (χ2n) is 9.76. The zero-order valence-electron chi connectivity index (χ0n) is 18.1. The fourth-order valence-corrected chi connectivity index (χ4v) is 4.59. The largest absolute Gasteiger partial charge is 0.414 e. The molecule has 0 aromatic carbocycles. The first-order valence-electron chi connectivity index (χ1n) is 9.95. The molecule has 4 heterocycles. The predicted molar refractivity (Wildman–Crippen MR) is 109 cm³/mol. The van der Waals surface area contributed by atoms with Gasteiger partial charge in [0.2, 0.25) is 0 Å². The molecule has 2 aliphatic rings. The lowest BCUT2D eigenvalue weighted by Gasteiger charge is -2.37. The van der Waals surface area contributed by atoms with E-state index in [4.69, 9.17) is 18.6 Å². The number of H-pyrrole nitrogens is 1. The molecule has 0 aliphatic carbocycles. The van der Waals surface area contributed by atoms with Crippen LogP contribution in [0.25, 0.3) is 11.2 Å². The van der Waals surface area contributed by atoms with Crippen molar-refractivity contribution in [2.45, 2.75) is 83.1 Å². The molecule has 2 aliphatic heterocycles. The van der Waals surface area contributed by atoms with Gasteiger partial charge < -0.3 is 23.6 Å². The molecule has 2 aromatic rings. The zero-order valence-corrected chi connectivity index (χ0v) is 19.1. The summed E-state index contributed by atoms with van der Waals surface area (Å²) in [7, 11) is -1.94. The number of hydrogen-bond acceptors (Lipinski definition) is 7. The Bertz CT molecular complexity index is 963. The number of fused-ring (bicyclic) bond motifs is 2. The average Bonchev–Trinajstić information content (AvgIpc) is 3.24. The van der Waals surface area contributed by atoms with Crippen LogP contribution in [-0.4, -0.2) is 58.5 Å². The van der Waals surface area contributed by atoms with E-state index in [1.807, 2.05) is 13.8 Å². The standard InChI is InChI=1S/C19H30N4O5Si/c1-18(2,3)29(6,7)25-8-11-13-14(28-19(4,5)27-13)17(26-11)23-10-22-12-15(23)20-9-21-16(12)24/h9-11,13-14,17H,8H2,1-7H3,(H,20,21,24)/t11-,13-,14-,17-/m1/s1. The van der Waals surface area contributed by atoms with Crippen molar-refractivity contribution >= 4 is 19.5 Å². The normalized spacial score (nSPS) is 29.5. The van der Waals surface area contributed by atoms with Gasteiger partial charge in [0, 0.05) is 0 Å². The van der Waals surface area contributed by atoms with E-state index in [2.05, 4.69) is 48.8 Å². The monoisotopic (exact) mass is 422 g/mol. The predicted octanol–water partition coefficient (Wildman–Crippen LogP) is 2.56. The third-order valence-electron chi connectivity index (χ3n) is 6.18. The summed E-state index contributed by atoms with van der Waals surface area (Å²) in [5.74, 6) is -0.728. The Balaban J connectivity index is 1.63. The summed E-state index contributed by atoms with van der Waals surface area (Å²) < 4.78 is 26.8. The van der Waals surface area contributed by atoms with Gasteiger partial charge in [0.05, 0.1) is 19.3 Å². The number of ether oxygens (including phenoxy) is 3. The highest BCUT2D eigenvalue weighted by molar-refractivity contribution is 6.74. The SMILES string of the molecule is CC1(C)O[C@@H]2[C@H](O1)[C@@H](CO[Si](C)(C)C(C)(C)C)O[C@H]2n1cnc2c(=O)[nH]cnc21. The molecular formula is C19H30N4O5Si. The lowest BCUT2D eigenvalue weighted by atomic mass is 10.1. The topological polar surface area (TPSA) is 100 Å². The van der Waals surface area contributed by atoms with E-state index < -0.39 is 20.3 Å². The minimum atomic E-state index is -1.94. The summed E-state index contributed by atoms with van der Waals surface area (Å²) in [5.41, 5.74) is 0.439. The first-order valence-corrected chi connectivity index (χ1v) is 12.9. The van der Waals surface area contributed by atoms with Crippen LogP contribution in [0.5, 0.6) is 0 Å². The molecule has 1 N–H and O–H groups in total. The minimum absolute atomic E-state index is 0.0994. The Morgan fingerprint density at radius 1 is 1.24 bits per heavy atom. The van der Waals surface area contributed by atoms with Crippen molar-refractivity contribution in [2.24, 2.45) is 0 Å². The van der Waals surface area contributed by atoms with Crippen molar-refractivity contribution in [3.63, 3.8) is 0 Å². The number of nitrogens with one attached hydrogen (secondary N) is 1. The van der Waals surface area contributed by atoms with Gasteiger partial charge in [-0.05, 0) is 32.0 Å². The molecule has 9 nitrogen and oxygen atoms in total. The Kier molecular flexibility index (Phi) is 4.78. The molecule has 0 radical (unpaired) electrons. The third kappa shape index (κ3) is 3.57. The van der Waals surface area contributed by atoms with Gasteiger partial charge in [0.1, 0.15) is 18.3 Å². The molecule has 4 atom stereocenters. The van der Waals surface area contributed by atoms with Crippen LogP contribution in [0.15, 0.2) is 17.4 Å². The molecule has 10 heteroatoms. The molecule has 2 aromatic heterocycles. The number of hydrogen-bond donors (Lipinski definition) is 1. The second-order valence-corrected chi connectivity index (χ2v) is 14.6. The van der Waals surface area contributed by atoms with Gasteiger partial charge >= 0.3 is 0 Å². The van der Waals surface area contributed by atoms with E-state index in [9.17, 15) is 4.79 Å². The van der Waals surface area contributed by atoms with Crippen molar-refractivity contribution in [1.29, 1.82) is 0 Å². The lowest BCUT2D eigenvalue weighted by Crippen LogP contribution is -2.44. The molecule has 0 bridgehead atoms. The van der Waals surface area contributed by atoms with E-state index in [0.717, 1.165) is 0 Å². The van der Waals surface area contributed by atoms with Crippen molar-refractivity contribution in [1.82, 2.24) is 19.5 Å². The van der Waals surface area contributed by atoms with Crippen LogP contribution in [0.2, 0.25) is 18.1 Å². The number of imidazole rings is 1. The Morgan fingerprint density at radius 2 is 1.93 bits per heavy atom. The van der Waals surface area contributed by atoms with Crippen LogP contribution in [0, 0.1) is 0 Å². The summed E-state index contributed by atoms with van der Waals surface area (Å²) >= 11 is 0. The second kappa shape index (κ2) is 6.71. The number of rotatable bonds is 4. The summed E-state index contributed by atoms with van der Waals surface area (Å²) in [6, 6.07) is 0. The molecule has 160 valence electrons. The van der Waals surface area contributed by atoms with E-state index in [0.29, 0.717) is 12.3 Å². The van der Waals surface area contributed by atoms with E-state index in [1.165, 1.54) is 6.33 Å². The molecule has 2 fully saturated rings. The van der Waals surface area contributed by atoms with Crippen molar-refractivity contribution in [3.05, 3.63) is 23.0 Å². The maximum atomic E-state index is 12.0. The summed E-state index contributed by atoms with van der Waals surface area (Å²) in [6.45, 7) is 15.3. The van der Waals surface area contributed by atoms with Gasteiger partial charge in [0.15, 0.2) is 31.5 Å². The first-order chi connectivity index (χ1) is 13.4. The molecule has 0 spiro atoms. The van der Waals surface area contributed by atoms with Crippen LogP contribution in [0.4, 0.5) is 0 Å². The molecular weight excluding hydrogens is 392 g/mol. The Labute approximate surface area is 170 Å². The summed E-state index contributed by atoms with van der Waals surface area (Å²) in [4.78, 5) is 23.1. The van der Waals surface area contributed by atoms with Crippen LogP contribution in [0.3, 0.4) is 0 Å². The zero-order chi connectivity index (χ0) is 21.2. The van der Waals surface area contributed by atoms with Crippen LogP contribution in [-0.2, 0) is 18.6 Å². The Morgan fingerprint density at radius 3 is 2.62 bits per heavy atom.